The van der Waals surface area contributed by atoms with E-state index in [2.05, 4.69) is 48.5 Å². The molecule has 3 atom stereocenters. The van der Waals surface area contributed by atoms with Crippen molar-refractivity contribution in [2.24, 2.45) is 0 Å². The molecule has 1 amide bonds. The van der Waals surface area contributed by atoms with Crippen LogP contribution in [0, 0.1) is 0 Å². The summed E-state index contributed by atoms with van der Waals surface area (Å²) in [6.45, 7) is 6.52. The van der Waals surface area contributed by atoms with Gasteiger partial charge < -0.3 is 15.7 Å². The SMILES string of the molecule is CC(C)(C)c1ccc(NC(C(=O)N[C@@H]2c3ccccc3C[C@@H]2O)c2cccnc2)cc1. The van der Waals surface area contributed by atoms with E-state index in [0.29, 0.717) is 6.42 Å². The van der Waals surface area contributed by atoms with Gasteiger partial charge in [0, 0.05) is 30.1 Å². The van der Waals surface area contributed by atoms with Crippen molar-refractivity contribution in [1.29, 1.82) is 0 Å². The van der Waals surface area contributed by atoms with Crippen molar-refractivity contribution in [1.82, 2.24) is 10.3 Å². The molecular formula is C26H29N3O2. The summed E-state index contributed by atoms with van der Waals surface area (Å²) in [6.07, 6.45) is 3.29. The van der Waals surface area contributed by atoms with E-state index in [0.717, 1.165) is 22.4 Å². The summed E-state index contributed by atoms with van der Waals surface area (Å²) >= 11 is 0. The first-order valence-corrected chi connectivity index (χ1v) is 10.7. The number of aliphatic hydroxyl groups excluding tert-OH is 1. The second-order valence-electron chi connectivity index (χ2n) is 9.15. The first-order valence-electron chi connectivity index (χ1n) is 10.7. The Bertz CT molecular complexity index is 1040. The van der Waals surface area contributed by atoms with Crippen LogP contribution in [0.3, 0.4) is 0 Å². The van der Waals surface area contributed by atoms with Crippen molar-refractivity contribution in [2.75, 3.05) is 5.32 Å². The van der Waals surface area contributed by atoms with E-state index in [4.69, 9.17) is 0 Å². The molecule has 0 bridgehead atoms. The zero-order valence-corrected chi connectivity index (χ0v) is 18.2. The molecule has 4 rings (SSSR count). The second kappa shape index (κ2) is 8.52. The van der Waals surface area contributed by atoms with Crippen LogP contribution in [0.25, 0.3) is 0 Å². The molecular weight excluding hydrogens is 386 g/mol. The lowest BCUT2D eigenvalue weighted by atomic mass is 9.87. The highest BCUT2D eigenvalue weighted by Gasteiger charge is 2.34. The minimum absolute atomic E-state index is 0.0602. The number of carbonyl (C=O) groups is 1. The van der Waals surface area contributed by atoms with Crippen LogP contribution in [-0.4, -0.2) is 22.1 Å². The average Bonchev–Trinajstić information content (AvgIpc) is 3.07. The van der Waals surface area contributed by atoms with Gasteiger partial charge in [-0.15, -0.1) is 0 Å². The molecule has 0 fully saturated rings. The van der Waals surface area contributed by atoms with Crippen LogP contribution >= 0.6 is 0 Å². The number of amides is 1. The number of nitrogens with one attached hydrogen (secondary N) is 2. The second-order valence-corrected chi connectivity index (χ2v) is 9.15. The molecule has 5 nitrogen and oxygen atoms in total. The van der Waals surface area contributed by atoms with Gasteiger partial charge in [0.05, 0.1) is 12.1 Å². The predicted octanol–water partition coefficient (Wildman–Crippen LogP) is 4.31. The highest BCUT2D eigenvalue weighted by atomic mass is 16.3. The summed E-state index contributed by atoms with van der Waals surface area (Å²) < 4.78 is 0. The number of nitrogens with zero attached hydrogens (tertiary/aromatic N) is 1. The molecule has 5 heteroatoms. The lowest BCUT2D eigenvalue weighted by molar-refractivity contribution is -0.123. The van der Waals surface area contributed by atoms with Crippen LogP contribution in [0.1, 0.15) is 55.1 Å². The fourth-order valence-corrected chi connectivity index (χ4v) is 4.06. The molecule has 1 aliphatic carbocycles. The Balaban J connectivity index is 1.58. The van der Waals surface area contributed by atoms with E-state index in [9.17, 15) is 9.90 Å². The van der Waals surface area contributed by atoms with E-state index in [1.54, 1.807) is 12.4 Å². The lowest BCUT2D eigenvalue weighted by Gasteiger charge is -2.25. The number of pyridine rings is 1. The first kappa shape index (κ1) is 21.1. The van der Waals surface area contributed by atoms with E-state index in [1.165, 1.54) is 5.56 Å². The van der Waals surface area contributed by atoms with Crippen LogP contribution in [0.5, 0.6) is 0 Å². The number of anilines is 1. The molecule has 0 radical (unpaired) electrons. The number of carbonyl (C=O) groups excluding carboxylic acids is 1. The summed E-state index contributed by atoms with van der Waals surface area (Å²) in [6, 6.07) is 18.7. The molecule has 0 saturated carbocycles. The third-order valence-electron chi connectivity index (χ3n) is 5.84. The molecule has 1 heterocycles. The number of rotatable bonds is 5. The Morgan fingerprint density at radius 2 is 1.81 bits per heavy atom. The number of hydrogen-bond acceptors (Lipinski definition) is 4. The normalized spacial score (nSPS) is 18.8. The number of aromatic nitrogens is 1. The summed E-state index contributed by atoms with van der Waals surface area (Å²) in [5, 5.41) is 17.0. The van der Waals surface area contributed by atoms with Gasteiger partial charge in [0.15, 0.2) is 0 Å². The fraction of sp³-hybridized carbons (Fsp3) is 0.308. The fourth-order valence-electron chi connectivity index (χ4n) is 4.06. The smallest absolute Gasteiger partial charge is 0.247 e. The lowest BCUT2D eigenvalue weighted by Crippen LogP contribution is -2.39. The van der Waals surface area contributed by atoms with Crippen LogP contribution in [0.2, 0.25) is 0 Å². The summed E-state index contributed by atoms with van der Waals surface area (Å²) in [5.41, 5.74) is 4.95. The van der Waals surface area contributed by atoms with E-state index in [-0.39, 0.29) is 11.3 Å². The summed E-state index contributed by atoms with van der Waals surface area (Å²) in [5.74, 6) is -0.200. The third-order valence-corrected chi connectivity index (χ3v) is 5.84. The molecule has 31 heavy (non-hydrogen) atoms. The van der Waals surface area contributed by atoms with Gasteiger partial charge in [0.25, 0.3) is 0 Å². The van der Waals surface area contributed by atoms with Crippen molar-refractivity contribution in [3.63, 3.8) is 0 Å². The molecule has 3 N–H and O–H groups in total. The van der Waals surface area contributed by atoms with E-state index >= 15 is 0 Å². The highest BCUT2D eigenvalue weighted by Crippen LogP contribution is 2.32. The maximum absolute atomic E-state index is 13.4. The zero-order chi connectivity index (χ0) is 22.0. The number of hydrogen-bond donors (Lipinski definition) is 3. The topological polar surface area (TPSA) is 74.2 Å². The van der Waals surface area contributed by atoms with Crippen LogP contribution in [0.4, 0.5) is 5.69 Å². The van der Waals surface area contributed by atoms with Crippen LogP contribution in [0.15, 0.2) is 73.1 Å². The maximum atomic E-state index is 13.4. The van der Waals surface area contributed by atoms with Crippen molar-refractivity contribution in [3.05, 3.63) is 95.3 Å². The Kier molecular flexibility index (Phi) is 5.79. The van der Waals surface area contributed by atoms with Gasteiger partial charge in [-0.2, -0.15) is 0 Å². The molecule has 0 saturated heterocycles. The van der Waals surface area contributed by atoms with Gasteiger partial charge in [-0.05, 0) is 40.3 Å². The van der Waals surface area contributed by atoms with E-state index < -0.39 is 18.2 Å². The van der Waals surface area contributed by atoms with Gasteiger partial charge >= 0.3 is 0 Å². The molecule has 1 aliphatic rings. The molecule has 1 unspecified atom stereocenters. The summed E-state index contributed by atoms with van der Waals surface area (Å²) in [7, 11) is 0. The first-order chi connectivity index (χ1) is 14.8. The largest absolute Gasteiger partial charge is 0.390 e. The minimum atomic E-state index is -0.637. The van der Waals surface area contributed by atoms with Gasteiger partial charge in [-0.1, -0.05) is 63.2 Å². The molecule has 160 valence electrons. The van der Waals surface area contributed by atoms with Crippen LogP contribution in [-0.2, 0) is 16.6 Å². The quantitative estimate of drug-likeness (QED) is 0.581. The Labute approximate surface area is 183 Å². The minimum Gasteiger partial charge on any atom is -0.390 e. The number of aliphatic hydroxyl groups is 1. The molecule has 1 aromatic heterocycles. The predicted molar refractivity (Wildman–Crippen MR) is 123 cm³/mol. The average molecular weight is 416 g/mol. The third kappa shape index (κ3) is 4.62. The van der Waals surface area contributed by atoms with Gasteiger partial charge in [0.2, 0.25) is 5.91 Å². The Morgan fingerprint density at radius 1 is 1.06 bits per heavy atom. The zero-order valence-electron chi connectivity index (χ0n) is 18.2. The Morgan fingerprint density at radius 3 is 2.48 bits per heavy atom. The highest BCUT2D eigenvalue weighted by molar-refractivity contribution is 5.86. The molecule has 0 aliphatic heterocycles. The Hall–Kier alpha value is -3.18. The van der Waals surface area contributed by atoms with Crippen LogP contribution < -0.4 is 10.6 Å². The van der Waals surface area contributed by atoms with Gasteiger partial charge in [0.1, 0.15) is 6.04 Å². The maximum Gasteiger partial charge on any atom is 0.247 e. The number of fused-ring (bicyclic) bond motifs is 1. The van der Waals surface area contributed by atoms with Crippen molar-refractivity contribution < 1.29 is 9.90 Å². The summed E-state index contributed by atoms with van der Waals surface area (Å²) in [4.78, 5) is 17.6. The molecule has 3 aromatic rings. The van der Waals surface area contributed by atoms with Gasteiger partial charge in [-0.25, -0.2) is 0 Å². The monoisotopic (exact) mass is 415 g/mol. The van der Waals surface area contributed by atoms with E-state index in [1.807, 2.05) is 48.5 Å². The van der Waals surface area contributed by atoms with Crippen molar-refractivity contribution in [2.45, 2.75) is 50.8 Å². The van der Waals surface area contributed by atoms with Crippen molar-refractivity contribution in [3.8, 4) is 0 Å². The van der Waals surface area contributed by atoms with Gasteiger partial charge in [-0.3, -0.25) is 9.78 Å². The van der Waals surface area contributed by atoms with Crippen molar-refractivity contribution >= 4 is 11.6 Å². The molecule has 2 aromatic carbocycles. The number of benzene rings is 2. The molecule has 0 spiro atoms. The standard InChI is InChI=1S/C26H29N3O2/c1-26(2,3)19-10-12-20(13-11-19)28-23(18-8-6-14-27-16-18)25(31)29-24-21-9-5-4-7-17(21)15-22(24)30/h4-14,16,22-24,28,30H,15H2,1-3H3,(H,29,31)/t22-,23?,24+/m0/s1.